The normalized spacial score (nSPS) is 12.4. The summed E-state index contributed by atoms with van der Waals surface area (Å²) in [5.41, 5.74) is 2.53. The quantitative estimate of drug-likeness (QED) is 0.426. The van der Waals surface area contributed by atoms with Crippen LogP contribution in [-0.2, 0) is 4.79 Å². The summed E-state index contributed by atoms with van der Waals surface area (Å²) < 4.78 is 11.6. The van der Waals surface area contributed by atoms with Crippen LogP contribution in [0.15, 0.2) is 72.8 Å². The van der Waals surface area contributed by atoms with Crippen LogP contribution in [0.25, 0.3) is 11.0 Å². The number of para-hydroxylation sites is 2. The minimum atomic E-state index is -0.976. The average molecular weight is 390 g/mol. The number of fused-ring (bicyclic) bond motifs is 1. The number of rotatable bonds is 8. The standard InChI is InChI=1S/C23H22N2O4/c1-4-7-17(23(26)27)14-15(2)28-18-10-12-19(13-11-18)29-22-16(3)24-20-8-5-6-9-21(20)25-22/h4-6,8-15H,1,7H2,2-3H3,(H,26,27). The van der Waals surface area contributed by atoms with Gasteiger partial charge in [0.1, 0.15) is 23.3 Å². The molecule has 0 amide bonds. The molecule has 1 heterocycles. The first kappa shape index (κ1) is 20.1. The first-order chi connectivity index (χ1) is 14.0. The second-order valence-corrected chi connectivity index (χ2v) is 6.49. The van der Waals surface area contributed by atoms with E-state index in [4.69, 9.17) is 9.47 Å². The van der Waals surface area contributed by atoms with Crippen molar-refractivity contribution >= 4 is 17.0 Å². The summed E-state index contributed by atoms with van der Waals surface area (Å²) in [4.78, 5) is 20.2. The molecule has 1 atom stereocenters. The Morgan fingerprint density at radius 1 is 1.10 bits per heavy atom. The molecule has 0 saturated heterocycles. The van der Waals surface area contributed by atoms with E-state index in [1.165, 1.54) is 0 Å². The van der Waals surface area contributed by atoms with Gasteiger partial charge in [-0.1, -0.05) is 18.2 Å². The number of nitrogens with zero attached hydrogens (tertiary/aromatic N) is 2. The Hall–Kier alpha value is -3.67. The highest BCUT2D eigenvalue weighted by Crippen LogP contribution is 2.26. The third-order valence-corrected chi connectivity index (χ3v) is 4.14. The zero-order valence-corrected chi connectivity index (χ0v) is 16.3. The fourth-order valence-electron chi connectivity index (χ4n) is 2.78. The third kappa shape index (κ3) is 5.19. The molecular weight excluding hydrogens is 368 g/mol. The van der Waals surface area contributed by atoms with Crippen molar-refractivity contribution in [1.82, 2.24) is 9.97 Å². The van der Waals surface area contributed by atoms with E-state index in [1.807, 2.05) is 31.2 Å². The van der Waals surface area contributed by atoms with E-state index in [0.29, 0.717) is 23.1 Å². The van der Waals surface area contributed by atoms with Crippen molar-refractivity contribution in [3.63, 3.8) is 0 Å². The second-order valence-electron chi connectivity index (χ2n) is 6.49. The minimum absolute atomic E-state index is 0.248. The molecule has 0 saturated carbocycles. The van der Waals surface area contributed by atoms with Crippen molar-refractivity contribution in [1.29, 1.82) is 0 Å². The molecule has 0 aliphatic carbocycles. The van der Waals surface area contributed by atoms with E-state index in [2.05, 4.69) is 16.5 Å². The van der Waals surface area contributed by atoms with Gasteiger partial charge in [0.25, 0.3) is 0 Å². The Bertz CT molecular complexity index is 1060. The summed E-state index contributed by atoms with van der Waals surface area (Å²) in [5, 5.41) is 9.19. The molecule has 1 unspecified atom stereocenters. The molecule has 0 aliphatic heterocycles. The van der Waals surface area contributed by atoms with Gasteiger partial charge in [-0.2, -0.15) is 0 Å². The monoisotopic (exact) mass is 390 g/mol. The lowest BCUT2D eigenvalue weighted by atomic mass is 10.1. The number of allylic oxidation sites excluding steroid dienone is 1. The molecule has 6 nitrogen and oxygen atoms in total. The molecule has 2 aromatic carbocycles. The molecular formula is C23H22N2O4. The SMILES string of the molecule is C=CCC(=CC(C)Oc1ccc(Oc2nc3ccccc3nc2C)cc1)C(=O)O. The minimum Gasteiger partial charge on any atom is -0.487 e. The molecule has 3 rings (SSSR count). The molecule has 0 bridgehead atoms. The average Bonchev–Trinajstić information content (AvgIpc) is 2.69. The maximum absolute atomic E-state index is 11.2. The Balaban J connectivity index is 1.70. The predicted molar refractivity (Wildman–Crippen MR) is 111 cm³/mol. The zero-order valence-electron chi connectivity index (χ0n) is 16.3. The molecule has 1 aromatic heterocycles. The van der Waals surface area contributed by atoms with Crippen LogP contribution in [0.1, 0.15) is 19.0 Å². The van der Waals surface area contributed by atoms with Gasteiger partial charge >= 0.3 is 5.97 Å². The van der Waals surface area contributed by atoms with E-state index in [0.717, 1.165) is 11.0 Å². The molecule has 0 aliphatic rings. The molecule has 29 heavy (non-hydrogen) atoms. The number of carboxylic acids is 1. The van der Waals surface area contributed by atoms with Crippen LogP contribution in [0.4, 0.5) is 0 Å². The van der Waals surface area contributed by atoms with E-state index >= 15 is 0 Å². The lowest BCUT2D eigenvalue weighted by Crippen LogP contribution is -2.12. The molecule has 1 N–H and O–H groups in total. The van der Waals surface area contributed by atoms with Crippen LogP contribution in [0.3, 0.4) is 0 Å². The van der Waals surface area contributed by atoms with Crippen LogP contribution in [0.2, 0.25) is 0 Å². The highest BCUT2D eigenvalue weighted by molar-refractivity contribution is 5.86. The fraction of sp³-hybridized carbons (Fsp3) is 0.174. The maximum Gasteiger partial charge on any atom is 0.331 e. The number of carbonyl (C=O) groups is 1. The molecule has 148 valence electrons. The molecule has 0 spiro atoms. The van der Waals surface area contributed by atoms with Gasteiger partial charge in [0, 0.05) is 5.57 Å². The highest BCUT2D eigenvalue weighted by atomic mass is 16.5. The number of aromatic nitrogens is 2. The molecule has 0 fully saturated rings. The van der Waals surface area contributed by atoms with E-state index < -0.39 is 12.1 Å². The van der Waals surface area contributed by atoms with Crippen molar-refractivity contribution < 1.29 is 19.4 Å². The van der Waals surface area contributed by atoms with E-state index in [-0.39, 0.29) is 12.0 Å². The van der Waals surface area contributed by atoms with Crippen molar-refractivity contribution in [3.8, 4) is 17.4 Å². The van der Waals surface area contributed by atoms with Crippen LogP contribution < -0.4 is 9.47 Å². The van der Waals surface area contributed by atoms with E-state index in [1.54, 1.807) is 43.3 Å². The molecule has 3 aromatic rings. The summed E-state index contributed by atoms with van der Waals surface area (Å²) in [6.45, 7) is 7.21. The van der Waals surface area contributed by atoms with Gasteiger partial charge in [-0.3, -0.25) is 0 Å². The van der Waals surface area contributed by atoms with Crippen molar-refractivity contribution in [2.24, 2.45) is 0 Å². The van der Waals surface area contributed by atoms with Gasteiger partial charge in [-0.05, 0) is 62.7 Å². The van der Waals surface area contributed by atoms with E-state index in [9.17, 15) is 9.90 Å². The van der Waals surface area contributed by atoms with Gasteiger partial charge in [0.15, 0.2) is 0 Å². The van der Waals surface area contributed by atoms with Crippen LogP contribution >= 0.6 is 0 Å². The fourth-order valence-corrected chi connectivity index (χ4v) is 2.78. The largest absolute Gasteiger partial charge is 0.487 e. The zero-order chi connectivity index (χ0) is 20.8. The van der Waals surface area contributed by atoms with Gasteiger partial charge in [-0.15, -0.1) is 6.58 Å². The van der Waals surface area contributed by atoms with Crippen LogP contribution in [0, 0.1) is 6.92 Å². The summed E-state index contributed by atoms with van der Waals surface area (Å²) in [6, 6.07) is 14.7. The number of carboxylic acid groups (broad SMARTS) is 1. The highest BCUT2D eigenvalue weighted by Gasteiger charge is 2.10. The summed E-state index contributed by atoms with van der Waals surface area (Å²) in [6.07, 6.45) is 3.00. The van der Waals surface area contributed by atoms with Gasteiger partial charge < -0.3 is 14.6 Å². The van der Waals surface area contributed by atoms with Crippen LogP contribution in [0.5, 0.6) is 17.4 Å². The Kier molecular flexibility index (Phi) is 6.24. The number of benzene rings is 2. The number of hydrogen-bond donors (Lipinski definition) is 1. The van der Waals surface area contributed by atoms with Crippen molar-refractivity contribution in [2.75, 3.05) is 0 Å². The van der Waals surface area contributed by atoms with Gasteiger partial charge in [0.2, 0.25) is 5.88 Å². The number of aryl methyl sites for hydroxylation is 1. The smallest absolute Gasteiger partial charge is 0.331 e. The second kappa shape index (κ2) is 9.01. The number of aliphatic carboxylic acids is 1. The maximum atomic E-state index is 11.2. The predicted octanol–water partition coefficient (Wildman–Crippen LogP) is 5.08. The lowest BCUT2D eigenvalue weighted by molar-refractivity contribution is -0.132. The number of hydrogen-bond acceptors (Lipinski definition) is 5. The summed E-state index contributed by atoms with van der Waals surface area (Å²) in [5.74, 6) is 0.678. The Morgan fingerprint density at radius 3 is 2.34 bits per heavy atom. The Labute approximate surface area is 169 Å². The Morgan fingerprint density at radius 2 is 1.72 bits per heavy atom. The summed E-state index contributed by atoms with van der Waals surface area (Å²) in [7, 11) is 0. The molecule has 0 radical (unpaired) electrons. The first-order valence-corrected chi connectivity index (χ1v) is 9.19. The summed E-state index contributed by atoms with van der Waals surface area (Å²) >= 11 is 0. The van der Waals surface area contributed by atoms with Gasteiger partial charge in [0.05, 0.1) is 11.0 Å². The third-order valence-electron chi connectivity index (χ3n) is 4.14. The van der Waals surface area contributed by atoms with Crippen molar-refractivity contribution in [3.05, 3.63) is 78.5 Å². The number of ether oxygens (including phenoxy) is 2. The van der Waals surface area contributed by atoms with Crippen LogP contribution in [-0.4, -0.2) is 27.1 Å². The topological polar surface area (TPSA) is 81.5 Å². The molecule has 6 heteroatoms. The lowest BCUT2D eigenvalue weighted by Gasteiger charge is -2.13. The first-order valence-electron chi connectivity index (χ1n) is 9.19. The van der Waals surface area contributed by atoms with Gasteiger partial charge in [-0.25, -0.2) is 14.8 Å². The van der Waals surface area contributed by atoms with Crippen molar-refractivity contribution in [2.45, 2.75) is 26.4 Å².